The van der Waals surface area contributed by atoms with Gasteiger partial charge in [-0.15, -0.1) is 0 Å². The molecule has 0 saturated carbocycles. The zero-order valence-electron chi connectivity index (χ0n) is 10.8. The van der Waals surface area contributed by atoms with Crippen LogP contribution in [0, 0.1) is 12.3 Å². The fraction of sp³-hybridized carbons (Fsp3) is 0.533. The minimum atomic E-state index is -0.192. The molecular formula is C15H22O. The third-order valence-electron chi connectivity index (χ3n) is 3.41. The summed E-state index contributed by atoms with van der Waals surface area (Å²) in [5.41, 5.74) is 1.82. The van der Waals surface area contributed by atoms with Crippen molar-refractivity contribution in [1.82, 2.24) is 0 Å². The highest BCUT2D eigenvalue weighted by Gasteiger charge is 2.30. The van der Waals surface area contributed by atoms with Crippen LogP contribution in [0.15, 0.2) is 24.3 Å². The molecule has 88 valence electrons. The van der Waals surface area contributed by atoms with Crippen LogP contribution in [0.4, 0.5) is 0 Å². The van der Waals surface area contributed by atoms with Crippen molar-refractivity contribution in [3.05, 3.63) is 35.4 Å². The summed E-state index contributed by atoms with van der Waals surface area (Å²) in [6, 6.07) is 7.91. The van der Waals surface area contributed by atoms with Gasteiger partial charge in [0.15, 0.2) is 5.78 Å². The maximum absolute atomic E-state index is 12.4. The lowest BCUT2D eigenvalue weighted by Gasteiger charge is -2.26. The van der Waals surface area contributed by atoms with E-state index in [0.29, 0.717) is 5.78 Å². The van der Waals surface area contributed by atoms with E-state index >= 15 is 0 Å². The molecule has 0 amide bonds. The molecule has 0 bridgehead atoms. The van der Waals surface area contributed by atoms with Crippen LogP contribution in [0.2, 0.25) is 0 Å². The number of carbonyl (C=O) groups is 1. The quantitative estimate of drug-likeness (QED) is 0.670. The topological polar surface area (TPSA) is 17.1 Å². The first-order chi connectivity index (χ1) is 7.53. The second-order valence-electron chi connectivity index (χ2n) is 4.86. The highest BCUT2D eigenvalue weighted by Crippen LogP contribution is 2.31. The molecule has 0 aliphatic heterocycles. The molecule has 0 N–H and O–H groups in total. The number of aryl methyl sites for hydroxylation is 1. The molecule has 0 heterocycles. The zero-order chi connectivity index (χ0) is 12.2. The van der Waals surface area contributed by atoms with Crippen LogP contribution < -0.4 is 0 Å². The monoisotopic (exact) mass is 218 g/mol. The number of benzene rings is 1. The SMILES string of the molecule is CCCC(C)(CC)C(=O)c1cccc(C)c1. The minimum Gasteiger partial charge on any atom is -0.294 e. The van der Waals surface area contributed by atoms with Gasteiger partial charge >= 0.3 is 0 Å². The van der Waals surface area contributed by atoms with Gasteiger partial charge in [-0.25, -0.2) is 0 Å². The van der Waals surface area contributed by atoms with E-state index in [9.17, 15) is 4.79 Å². The van der Waals surface area contributed by atoms with Gasteiger partial charge in [0.1, 0.15) is 0 Å². The van der Waals surface area contributed by atoms with Crippen molar-refractivity contribution >= 4 is 5.78 Å². The first-order valence-electron chi connectivity index (χ1n) is 6.15. The van der Waals surface area contributed by atoms with Crippen LogP contribution in [0.3, 0.4) is 0 Å². The van der Waals surface area contributed by atoms with Gasteiger partial charge in [-0.2, -0.15) is 0 Å². The Balaban J connectivity index is 3.00. The van der Waals surface area contributed by atoms with E-state index in [-0.39, 0.29) is 5.41 Å². The number of hydrogen-bond acceptors (Lipinski definition) is 1. The van der Waals surface area contributed by atoms with Crippen LogP contribution >= 0.6 is 0 Å². The van der Waals surface area contributed by atoms with Gasteiger partial charge in [-0.1, -0.05) is 51.0 Å². The maximum Gasteiger partial charge on any atom is 0.168 e. The van der Waals surface area contributed by atoms with Crippen LogP contribution in [0.1, 0.15) is 56.0 Å². The lowest BCUT2D eigenvalue weighted by atomic mass is 9.76. The fourth-order valence-electron chi connectivity index (χ4n) is 2.14. The first-order valence-corrected chi connectivity index (χ1v) is 6.15. The molecule has 1 aromatic rings. The predicted octanol–water partition coefficient (Wildman–Crippen LogP) is 4.39. The van der Waals surface area contributed by atoms with Crippen LogP contribution in [0.25, 0.3) is 0 Å². The highest BCUT2D eigenvalue weighted by molar-refractivity contribution is 6.00. The smallest absolute Gasteiger partial charge is 0.168 e. The van der Waals surface area contributed by atoms with Crippen molar-refractivity contribution in [2.75, 3.05) is 0 Å². The summed E-state index contributed by atoms with van der Waals surface area (Å²) >= 11 is 0. The van der Waals surface area contributed by atoms with Crippen molar-refractivity contribution in [2.24, 2.45) is 5.41 Å². The van der Waals surface area contributed by atoms with Crippen molar-refractivity contribution in [3.8, 4) is 0 Å². The molecule has 0 saturated heterocycles. The molecule has 1 atom stereocenters. The number of hydrogen-bond donors (Lipinski definition) is 0. The van der Waals surface area contributed by atoms with E-state index in [0.717, 1.165) is 30.4 Å². The van der Waals surface area contributed by atoms with Gasteiger partial charge in [-0.05, 0) is 25.8 Å². The molecule has 1 nitrogen and oxygen atoms in total. The third kappa shape index (κ3) is 2.72. The summed E-state index contributed by atoms with van der Waals surface area (Å²) in [5, 5.41) is 0. The van der Waals surface area contributed by atoms with Gasteiger partial charge in [0.05, 0.1) is 0 Å². The maximum atomic E-state index is 12.4. The standard InChI is InChI=1S/C15H22O/c1-5-10-15(4,6-2)14(16)13-9-7-8-12(3)11-13/h7-9,11H,5-6,10H2,1-4H3. The third-order valence-corrected chi connectivity index (χ3v) is 3.41. The van der Waals surface area contributed by atoms with E-state index in [4.69, 9.17) is 0 Å². The summed E-state index contributed by atoms with van der Waals surface area (Å²) < 4.78 is 0. The van der Waals surface area contributed by atoms with E-state index in [2.05, 4.69) is 20.8 Å². The Morgan fingerprint density at radius 2 is 2.00 bits per heavy atom. The number of Topliss-reactive ketones (excluding diaryl/α,β-unsaturated/α-hetero) is 1. The summed E-state index contributed by atoms with van der Waals surface area (Å²) in [4.78, 5) is 12.4. The minimum absolute atomic E-state index is 0.192. The molecule has 0 aromatic heterocycles. The lowest BCUT2D eigenvalue weighted by molar-refractivity contribution is 0.0793. The Morgan fingerprint density at radius 3 is 2.50 bits per heavy atom. The molecule has 16 heavy (non-hydrogen) atoms. The van der Waals surface area contributed by atoms with Crippen LogP contribution in [-0.2, 0) is 0 Å². The Hall–Kier alpha value is -1.11. The lowest BCUT2D eigenvalue weighted by Crippen LogP contribution is -2.27. The van der Waals surface area contributed by atoms with Gasteiger partial charge in [0.25, 0.3) is 0 Å². The summed E-state index contributed by atoms with van der Waals surface area (Å²) in [5.74, 6) is 0.292. The second kappa shape index (κ2) is 5.29. The van der Waals surface area contributed by atoms with Crippen LogP contribution in [0.5, 0.6) is 0 Å². The van der Waals surface area contributed by atoms with Crippen molar-refractivity contribution in [2.45, 2.75) is 47.0 Å². The van der Waals surface area contributed by atoms with Crippen molar-refractivity contribution in [3.63, 3.8) is 0 Å². The van der Waals surface area contributed by atoms with Crippen molar-refractivity contribution < 1.29 is 4.79 Å². The molecular weight excluding hydrogens is 196 g/mol. The normalized spacial score (nSPS) is 14.5. The van der Waals surface area contributed by atoms with Gasteiger partial charge in [-0.3, -0.25) is 4.79 Å². The van der Waals surface area contributed by atoms with E-state index < -0.39 is 0 Å². The zero-order valence-corrected chi connectivity index (χ0v) is 10.8. The molecule has 0 aliphatic carbocycles. The number of ketones is 1. The second-order valence-corrected chi connectivity index (χ2v) is 4.86. The fourth-order valence-corrected chi connectivity index (χ4v) is 2.14. The Morgan fingerprint density at radius 1 is 1.31 bits per heavy atom. The molecule has 1 rings (SSSR count). The first kappa shape index (κ1) is 13.0. The van der Waals surface area contributed by atoms with E-state index in [1.54, 1.807) is 0 Å². The molecule has 1 unspecified atom stereocenters. The molecule has 0 radical (unpaired) electrons. The molecule has 0 fully saturated rings. The highest BCUT2D eigenvalue weighted by atomic mass is 16.1. The predicted molar refractivity (Wildman–Crippen MR) is 68.8 cm³/mol. The van der Waals surface area contributed by atoms with Crippen molar-refractivity contribution in [1.29, 1.82) is 0 Å². The summed E-state index contributed by atoms with van der Waals surface area (Å²) in [7, 11) is 0. The Labute approximate surface area is 98.9 Å². The average molecular weight is 218 g/mol. The summed E-state index contributed by atoms with van der Waals surface area (Å²) in [6.07, 6.45) is 2.94. The molecule has 1 heteroatoms. The van der Waals surface area contributed by atoms with Gasteiger partial charge < -0.3 is 0 Å². The largest absolute Gasteiger partial charge is 0.294 e. The molecule has 1 aromatic carbocycles. The number of rotatable bonds is 5. The van der Waals surface area contributed by atoms with Crippen LogP contribution in [-0.4, -0.2) is 5.78 Å². The molecule has 0 aliphatic rings. The van der Waals surface area contributed by atoms with E-state index in [1.165, 1.54) is 0 Å². The van der Waals surface area contributed by atoms with E-state index in [1.807, 2.05) is 31.2 Å². The van der Waals surface area contributed by atoms with Gasteiger partial charge in [0, 0.05) is 11.0 Å². The number of carbonyl (C=O) groups excluding carboxylic acids is 1. The Bertz CT molecular complexity index is 367. The molecule has 0 spiro atoms. The summed E-state index contributed by atoms with van der Waals surface area (Å²) in [6.45, 7) is 8.35. The average Bonchev–Trinajstić information content (AvgIpc) is 2.28. The Kier molecular flexibility index (Phi) is 4.28. The van der Waals surface area contributed by atoms with Gasteiger partial charge in [0.2, 0.25) is 0 Å².